The van der Waals surface area contributed by atoms with E-state index >= 15 is 0 Å². The molecule has 2 aliphatic rings. The summed E-state index contributed by atoms with van der Waals surface area (Å²) in [5, 5.41) is 2.86. The number of benzene rings is 1. The molecule has 2 aliphatic heterocycles. The summed E-state index contributed by atoms with van der Waals surface area (Å²) < 4.78 is 19.5. The second-order valence-electron chi connectivity index (χ2n) is 5.49. The van der Waals surface area contributed by atoms with E-state index in [-0.39, 0.29) is 23.7 Å². The first-order valence-corrected chi connectivity index (χ1v) is 7.13. The van der Waals surface area contributed by atoms with Crippen molar-refractivity contribution in [3.05, 3.63) is 29.1 Å². The third kappa shape index (κ3) is 2.11. The second kappa shape index (κ2) is 5.14. The highest BCUT2D eigenvalue weighted by Crippen LogP contribution is 2.41. The van der Waals surface area contributed by atoms with Crippen molar-refractivity contribution in [2.24, 2.45) is 5.73 Å². The van der Waals surface area contributed by atoms with Crippen molar-refractivity contribution in [1.29, 1.82) is 0 Å². The molecule has 108 valence electrons. The van der Waals surface area contributed by atoms with E-state index in [1.165, 1.54) is 12.1 Å². The van der Waals surface area contributed by atoms with Crippen LogP contribution in [0, 0.1) is 5.82 Å². The van der Waals surface area contributed by atoms with Crippen molar-refractivity contribution in [2.45, 2.75) is 44.2 Å². The first-order valence-electron chi connectivity index (χ1n) is 7.13. The molecule has 3 rings (SSSR count). The predicted molar refractivity (Wildman–Crippen MR) is 74.0 cm³/mol. The van der Waals surface area contributed by atoms with Gasteiger partial charge in [-0.2, -0.15) is 0 Å². The molecule has 2 heterocycles. The van der Waals surface area contributed by atoms with Gasteiger partial charge in [0.25, 0.3) is 0 Å². The fraction of sp³-hybridized carbons (Fsp3) is 0.533. The van der Waals surface area contributed by atoms with E-state index in [4.69, 9.17) is 10.5 Å². The van der Waals surface area contributed by atoms with Crippen LogP contribution in [-0.4, -0.2) is 18.6 Å². The zero-order valence-electron chi connectivity index (χ0n) is 11.5. The Balaban J connectivity index is 2.02. The Bertz CT molecular complexity index is 541. The molecule has 1 saturated heterocycles. The lowest BCUT2D eigenvalue weighted by Gasteiger charge is -2.21. The summed E-state index contributed by atoms with van der Waals surface area (Å²) in [5.74, 6) is -0.702. The van der Waals surface area contributed by atoms with Gasteiger partial charge in [-0.1, -0.05) is 6.92 Å². The summed E-state index contributed by atoms with van der Waals surface area (Å²) in [6, 6.07) is 2.45. The number of carbonyl (C=O) groups excluding carboxylic acids is 1. The van der Waals surface area contributed by atoms with E-state index in [1.807, 2.05) is 6.92 Å². The molecule has 1 amide bonds. The monoisotopic (exact) mass is 278 g/mol. The SMILES string of the molecule is CCC1C(=O)Nc2c1cc(F)cc2C(N)C1CCCO1. The number of nitrogens with two attached hydrogens (primary N) is 1. The number of amides is 1. The van der Waals surface area contributed by atoms with Gasteiger partial charge in [-0.15, -0.1) is 0 Å². The number of halogens is 1. The zero-order valence-corrected chi connectivity index (χ0v) is 11.5. The predicted octanol–water partition coefficient (Wildman–Crippen LogP) is 2.45. The van der Waals surface area contributed by atoms with Crippen LogP contribution in [0.2, 0.25) is 0 Å². The largest absolute Gasteiger partial charge is 0.376 e. The molecule has 0 bridgehead atoms. The zero-order chi connectivity index (χ0) is 14.3. The molecular weight excluding hydrogens is 259 g/mol. The summed E-state index contributed by atoms with van der Waals surface area (Å²) in [7, 11) is 0. The molecule has 0 radical (unpaired) electrons. The fourth-order valence-electron chi connectivity index (χ4n) is 3.17. The Morgan fingerprint density at radius 3 is 3.00 bits per heavy atom. The maximum absolute atomic E-state index is 13.9. The van der Waals surface area contributed by atoms with Gasteiger partial charge in [0.15, 0.2) is 0 Å². The quantitative estimate of drug-likeness (QED) is 0.892. The van der Waals surface area contributed by atoms with E-state index in [2.05, 4.69) is 5.32 Å². The summed E-state index contributed by atoms with van der Waals surface area (Å²) in [6.07, 6.45) is 2.40. The molecule has 0 spiro atoms. The van der Waals surface area contributed by atoms with Gasteiger partial charge in [0.1, 0.15) is 5.82 Å². The highest BCUT2D eigenvalue weighted by molar-refractivity contribution is 6.03. The van der Waals surface area contributed by atoms with Crippen LogP contribution in [0.15, 0.2) is 12.1 Å². The van der Waals surface area contributed by atoms with Crippen LogP contribution in [0.3, 0.4) is 0 Å². The van der Waals surface area contributed by atoms with E-state index in [9.17, 15) is 9.18 Å². The lowest BCUT2D eigenvalue weighted by atomic mass is 9.92. The first-order chi connectivity index (χ1) is 9.61. The third-order valence-corrected chi connectivity index (χ3v) is 4.24. The van der Waals surface area contributed by atoms with Crippen molar-refractivity contribution in [2.75, 3.05) is 11.9 Å². The average molecular weight is 278 g/mol. The normalized spacial score (nSPS) is 26.4. The molecule has 1 fully saturated rings. The Kier molecular flexibility index (Phi) is 3.48. The van der Waals surface area contributed by atoms with E-state index in [1.54, 1.807) is 0 Å². The van der Waals surface area contributed by atoms with Gasteiger partial charge in [-0.05, 0) is 42.5 Å². The van der Waals surface area contributed by atoms with Crippen molar-refractivity contribution in [3.8, 4) is 0 Å². The molecule has 0 aliphatic carbocycles. The maximum Gasteiger partial charge on any atom is 0.232 e. The number of hydrogen-bond donors (Lipinski definition) is 2. The maximum atomic E-state index is 13.9. The number of nitrogens with one attached hydrogen (secondary N) is 1. The molecule has 3 atom stereocenters. The minimum Gasteiger partial charge on any atom is -0.376 e. The molecule has 20 heavy (non-hydrogen) atoms. The van der Waals surface area contributed by atoms with Crippen LogP contribution in [0.1, 0.15) is 49.3 Å². The molecule has 3 unspecified atom stereocenters. The van der Waals surface area contributed by atoms with Crippen LogP contribution in [0.25, 0.3) is 0 Å². The molecule has 1 aromatic carbocycles. The van der Waals surface area contributed by atoms with Crippen molar-refractivity contribution < 1.29 is 13.9 Å². The standard InChI is InChI=1S/C15H19FN2O2/c1-2-9-10-6-8(16)7-11(14(10)18-15(9)19)13(17)12-4-3-5-20-12/h6-7,9,12-13H,2-5,17H2,1H3,(H,18,19). The van der Waals surface area contributed by atoms with E-state index < -0.39 is 6.04 Å². The number of rotatable bonds is 3. The summed E-state index contributed by atoms with van der Waals surface area (Å²) >= 11 is 0. The summed E-state index contributed by atoms with van der Waals surface area (Å²) in [5.41, 5.74) is 8.29. The second-order valence-corrected chi connectivity index (χ2v) is 5.49. The van der Waals surface area contributed by atoms with E-state index in [0.29, 0.717) is 24.3 Å². The van der Waals surface area contributed by atoms with Crippen LogP contribution in [0.5, 0.6) is 0 Å². The number of hydrogen-bond acceptors (Lipinski definition) is 3. The van der Waals surface area contributed by atoms with Crippen LogP contribution in [0.4, 0.5) is 10.1 Å². The number of carbonyl (C=O) groups is 1. The Hall–Kier alpha value is -1.46. The summed E-state index contributed by atoms with van der Waals surface area (Å²) in [6.45, 7) is 2.61. The Morgan fingerprint density at radius 1 is 1.55 bits per heavy atom. The molecule has 1 aromatic rings. The molecule has 3 N–H and O–H groups in total. The molecule has 5 heteroatoms. The first kappa shape index (κ1) is 13.5. The number of fused-ring (bicyclic) bond motifs is 1. The lowest BCUT2D eigenvalue weighted by Crippen LogP contribution is -2.26. The Morgan fingerprint density at radius 2 is 2.35 bits per heavy atom. The Labute approximate surface area is 117 Å². The van der Waals surface area contributed by atoms with Gasteiger partial charge in [-0.3, -0.25) is 4.79 Å². The van der Waals surface area contributed by atoms with Gasteiger partial charge < -0.3 is 15.8 Å². The summed E-state index contributed by atoms with van der Waals surface area (Å²) in [4.78, 5) is 12.0. The minimum absolute atomic E-state index is 0.0751. The molecule has 0 saturated carbocycles. The smallest absolute Gasteiger partial charge is 0.232 e. The van der Waals surface area contributed by atoms with Crippen LogP contribution >= 0.6 is 0 Å². The van der Waals surface area contributed by atoms with Gasteiger partial charge in [0.05, 0.1) is 18.1 Å². The van der Waals surface area contributed by atoms with Crippen molar-refractivity contribution >= 4 is 11.6 Å². The number of ether oxygens (including phenoxy) is 1. The van der Waals surface area contributed by atoms with E-state index in [0.717, 1.165) is 18.4 Å². The molecular formula is C15H19FN2O2. The van der Waals surface area contributed by atoms with Crippen molar-refractivity contribution in [3.63, 3.8) is 0 Å². The average Bonchev–Trinajstić information content (AvgIpc) is 3.04. The minimum atomic E-state index is -0.405. The van der Waals surface area contributed by atoms with Gasteiger partial charge >= 0.3 is 0 Å². The van der Waals surface area contributed by atoms with Crippen LogP contribution < -0.4 is 11.1 Å². The third-order valence-electron chi connectivity index (χ3n) is 4.24. The molecule has 0 aromatic heterocycles. The lowest BCUT2D eigenvalue weighted by molar-refractivity contribution is -0.117. The highest BCUT2D eigenvalue weighted by Gasteiger charge is 2.35. The van der Waals surface area contributed by atoms with Gasteiger partial charge in [0, 0.05) is 12.3 Å². The number of anilines is 1. The topological polar surface area (TPSA) is 64.4 Å². The van der Waals surface area contributed by atoms with Crippen molar-refractivity contribution in [1.82, 2.24) is 0 Å². The molecule has 4 nitrogen and oxygen atoms in total. The van der Waals surface area contributed by atoms with Crippen LogP contribution in [-0.2, 0) is 9.53 Å². The fourth-order valence-corrected chi connectivity index (χ4v) is 3.17. The van der Waals surface area contributed by atoms with Gasteiger partial charge in [0.2, 0.25) is 5.91 Å². The van der Waals surface area contributed by atoms with Gasteiger partial charge in [-0.25, -0.2) is 4.39 Å². The highest BCUT2D eigenvalue weighted by atomic mass is 19.1.